The fraction of sp³-hybridized carbons (Fsp3) is 0.389. The third-order valence-electron chi connectivity index (χ3n) is 3.55. The van der Waals surface area contributed by atoms with Gasteiger partial charge < -0.3 is 10.6 Å². The normalized spacial score (nSPS) is 11.9. The Bertz CT molecular complexity index is 692. The van der Waals surface area contributed by atoms with Crippen molar-refractivity contribution < 1.29 is 4.79 Å². The largest absolute Gasteiger partial charge is 0.348 e. The maximum atomic E-state index is 12.2. The zero-order valence-electron chi connectivity index (χ0n) is 14.4. The summed E-state index contributed by atoms with van der Waals surface area (Å²) >= 11 is 0. The minimum atomic E-state index is -0.173. The minimum absolute atomic E-state index is 0.119. The van der Waals surface area contributed by atoms with Gasteiger partial charge in [0.1, 0.15) is 17.3 Å². The van der Waals surface area contributed by atoms with E-state index in [0.29, 0.717) is 17.3 Å². The fourth-order valence-corrected chi connectivity index (χ4v) is 2.34. The second kappa shape index (κ2) is 7.22. The molecule has 1 unspecified atom stereocenters. The van der Waals surface area contributed by atoms with Crippen molar-refractivity contribution in [1.82, 2.24) is 15.3 Å². The number of benzene rings is 1. The first-order valence-electron chi connectivity index (χ1n) is 7.89. The highest BCUT2D eigenvalue weighted by Gasteiger charge is 2.12. The molecule has 1 amide bonds. The Balaban J connectivity index is 2.24. The smallest absolute Gasteiger partial charge is 0.270 e. The van der Waals surface area contributed by atoms with Crippen LogP contribution >= 0.6 is 0 Å². The third kappa shape index (κ3) is 4.77. The predicted molar refractivity (Wildman–Crippen MR) is 93.2 cm³/mol. The van der Waals surface area contributed by atoms with Gasteiger partial charge in [-0.15, -0.1) is 0 Å². The maximum Gasteiger partial charge on any atom is 0.270 e. The predicted octanol–water partition coefficient (Wildman–Crippen LogP) is 3.67. The molecular weight excluding hydrogens is 288 g/mol. The van der Waals surface area contributed by atoms with E-state index in [1.165, 1.54) is 11.1 Å². The van der Waals surface area contributed by atoms with Gasteiger partial charge in [-0.2, -0.15) is 0 Å². The quantitative estimate of drug-likeness (QED) is 0.884. The number of rotatable bonds is 5. The molecule has 0 saturated carbocycles. The number of anilines is 2. The molecule has 1 atom stereocenters. The topological polar surface area (TPSA) is 66.9 Å². The summed E-state index contributed by atoms with van der Waals surface area (Å²) in [5, 5.41) is 6.18. The Hall–Kier alpha value is -2.43. The van der Waals surface area contributed by atoms with E-state index in [1.54, 1.807) is 13.0 Å². The molecule has 2 aromatic rings. The van der Waals surface area contributed by atoms with E-state index in [0.717, 1.165) is 12.1 Å². The Kier molecular flexibility index (Phi) is 5.32. The van der Waals surface area contributed by atoms with Gasteiger partial charge in [-0.1, -0.05) is 13.0 Å². The van der Waals surface area contributed by atoms with Crippen LogP contribution in [-0.2, 0) is 0 Å². The molecule has 2 rings (SSSR count). The summed E-state index contributed by atoms with van der Waals surface area (Å²) in [6, 6.07) is 8.00. The molecule has 5 heteroatoms. The zero-order valence-corrected chi connectivity index (χ0v) is 14.4. The highest BCUT2D eigenvalue weighted by molar-refractivity contribution is 5.93. The molecule has 5 nitrogen and oxygen atoms in total. The zero-order chi connectivity index (χ0) is 17.0. The standard InChI is InChI=1S/C18H24N4O/c1-6-13(4)19-18(23)16-10-17(21-14(5)20-16)22-15-8-11(2)7-12(3)9-15/h7-10,13H,6H2,1-5H3,(H,19,23)(H,20,21,22). The first-order chi connectivity index (χ1) is 10.9. The Morgan fingerprint density at radius 3 is 2.35 bits per heavy atom. The van der Waals surface area contributed by atoms with Gasteiger partial charge in [-0.25, -0.2) is 9.97 Å². The van der Waals surface area contributed by atoms with E-state index < -0.39 is 0 Å². The molecule has 0 radical (unpaired) electrons. The Labute approximate surface area is 137 Å². The second-order valence-corrected chi connectivity index (χ2v) is 5.97. The van der Waals surface area contributed by atoms with Gasteiger partial charge in [0.15, 0.2) is 0 Å². The van der Waals surface area contributed by atoms with Crippen LogP contribution in [0, 0.1) is 20.8 Å². The lowest BCUT2D eigenvalue weighted by atomic mass is 10.1. The van der Waals surface area contributed by atoms with E-state index >= 15 is 0 Å². The summed E-state index contributed by atoms with van der Waals surface area (Å²) in [5.41, 5.74) is 3.68. The van der Waals surface area contributed by atoms with Crippen molar-refractivity contribution in [2.24, 2.45) is 0 Å². The molecule has 0 spiro atoms. The number of aromatic nitrogens is 2. The van der Waals surface area contributed by atoms with Crippen LogP contribution in [0.1, 0.15) is 47.7 Å². The van der Waals surface area contributed by atoms with Crippen molar-refractivity contribution in [2.75, 3.05) is 5.32 Å². The van der Waals surface area contributed by atoms with Crippen molar-refractivity contribution >= 4 is 17.4 Å². The number of hydrogen-bond acceptors (Lipinski definition) is 4. The summed E-state index contributed by atoms with van der Waals surface area (Å²) in [6.45, 7) is 9.89. The number of carbonyl (C=O) groups is 1. The van der Waals surface area contributed by atoms with E-state index in [-0.39, 0.29) is 11.9 Å². The molecule has 0 aliphatic rings. The lowest BCUT2D eigenvalue weighted by Gasteiger charge is -2.13. The average Bonchev–Trinajstić information content (AvgIpc) is 2.45. The lowest BCUT2D eigenvalue weighted by Crippen LogP contribution is -2.32. The molecule has 1 heterocycles. The van der Waals surface area contributed by atoms with Crippen LogP contribution in [0.4, 0.5) is 11.5 Å². The Morgan fingerprint density at radius 2 is 1.74 bits per heavy atom. The molecule has 0 aliphatic carbocycles. The number of nitrogens with one attached hydrogen (secondary N) is 2. The van der Waals surface area contributed by atoms with Crippen molar-refractivity contribution in [3.63, 3.8) is 0 Å². The number of carbonyl (C=O) groups excluding carboxylic acids is 1. The number of nitrogens with zero attached hydrogens (tertiary/aromatic N) is 2. The maximum absolute atomic E-state index is 12.2. The molecule has 122 valence electrons. The van der Waals surface area contributed by atoms with Gasteiger partial charge in [-0.3, -0.25) is 4.79 Å². The van der Waals surface area contributed by atoms with Gasteiger partial charge in [0.25, 0.3) is 5.91 Å². The van der Waals surface area contributed by atoms with Gasteiger partial charge in [-0.05, 0) is 57.4 Å². The fourth-order valence-electron chi connectivity index (χ4n) is 2.34. The number of aryl methyl sites for hydroxylation is 3. The highest BCUT2D eigenvalue weighted by atomic mass is 16.1. The first-order valence-corrected chi connectivity index (χ1v) is 7.89. The molecule has 1 aromatic heterocycles. The summed E-state index contributed by atoms with van der Waals surface area (Å²) in [5.74, 6) is 1.01. The van der Waals surface area contributed by atoms with Gasteiger partial charge in [0.05, 0.1) is 0 Å². The van der Waals surface area contributed by atoms with E-state index in [1.807, 2.05) is 26.0 Å². The molecular formula is C18H24N4O. The molecule has 0 saturated heterocycles. The molecule has 0 fully saturated rings. The summed E-state index contributed by atoms with van der Waals surface area (Å²) in [4.78, 5) is 20.9. The summed E-state index contributed by atoms with van der Waals surface area (Å²) < 4.78 is 0. The van der Waals surface area contributed by atoms with Crippen LogP contribution in [0.25, 0.3) is 0 Å². The molecule has 2 N–H and O–H groups in total. The average molecular weight is 312 g/mol. The third-order valence-corrected chi connectivity index (χ3v) is 3.55. The summed E-state index contributed by atoms with van der Waals surface area (Å²) in [6.07, 6.45) is 0.878. The SMILES string of the molecule is CCC(C)NC(=O)c1cc(Nc2cc(C)cc(C)c2)nc(C)n1. The molecule has 23 heavy (non-hydrogen) atoms. The van der Waals surface area contributed by atoms with E-state index in [9.17, 15) is 4.79 Å². The van der Waals surface area contributed by atoms with Crippen LogP contribution in [0.15, 0.2) is 24.3 Å². The van der Waals surface area contributed by atoms with E-state index in [2.05, 4.69) is 40.5 Å². The first kappa shape index (κ1) is 16.9. The van der Waals surface area contributed by atoms with Crippen LogP contribution in [-0.4, -0.2) is 21.9 Å². The van der Waals surface area contributed by atoms with Crippen LogP contribution in [0.5, 0.6) is 0 Å². The van der Waals surface area contributed by atoms with Crippen molar-refractivity contribution in [1.29, 1.82) is 0 Å². The molecule has 0 aliphatic heterocycles. The van der Waals surface area contributed by atoms with Crippen molar-refractivity contribution in [3.8, 4) is 0 Å². The summed E-state index contributed by atoms with van der Waals surface area (Å²) in [7, 11) is 0. The van der Waals surface area contributed by atoms with E-state index in [4.69, 9.17) is 0 Å². The molecule has 0 bridgehead atoms. The number of amides is 1. The highest BCUT2D eigenvalue weighted by Crippen LogP contribution is 2.19. The second-order valence-electron chi connectivity index (χ2n) is 5.97. The van der Waals surface area contributed by atoms with Gasteiger partial charge in [0, 0.05) is 17.8 Å². The van der Waals surface area contributed by atoms with Crippen molar-refractivity contribution in [2.45, 2.75) is 47.1 Å². The lowest BCUT2D eigenvalue weighted by molar-refractivity contribution is 0.0934. The van der Waals surface area contributed by atoms with Gasteiger partial charge in [0.2, 0.25) is 0 Å². The van der Waals surface area contributed by atoms with Crippen LogP contribution in [0.3, 0.4) is 0 Å². The monoisotopic (exact) mass is 312 g/mol. The van der Waals surface area contributed by atoms with Crippen LogP contribution in [0.2, 0.25) is 0 Å². The van der Waals surface area contributed by atoms with Crippen LogP contribution < -0.4 is 10.6 Å². The Morgan fingerprint density at radius 1 is 1.09 bits per heavy atom. The number of hydrogen-bond donors (Lipinski definition) is 2. The van der Waals surface area contributed by atoms with Gasteiger partial charge >= 0.3 is 0 Å². The minimum Gasteiger partial charge on any atom is -0.348 e. The van der Waals surface area contributed by atoms with Crippen molar-refractivity contribution in [3.05, 3.63) is 46.9 Å². The molecule has 1 aromatic carbocycles.